The summed E-state index contributed by atoms with van der Waals surface area (Å²) in [6, 6.07) is 16.1. The van der Waals surface area contributed by atoms with Gasteiger partial charge in [0.25, 0.3) is 5.91 Å². The van der Waals surface area contributed by atoms with Crippen molar-refractivity contribution in [2.75, 3.05) is 18.2 Å². The van der Waals surface area contributed by atoms with E-state index < -0.39 is 17.6 Å². The molecule has 1 aromatic heterocycles. The minimum absolute atomic E-state index is 0.108. The van der Waals surface area contributed by atoms with Crippen LogP contribution in [0.3, 0.4) is 0 Å². The van der Waals surface area contributed by atoms with Crippen molar-refractivity contribution in [1.29, 1.82) is 0 Å². The van der Waals surface area contributed by atoms with Gasteiger partial charge in [0.15, 0.2) is 11.0 Å². The number of methoxy groups -OCH3 is 1. The Kier molecular flexibility index (Phi) is 9.38. The van der Waals surface area contributed by atoms with E-state index in [9.17, 15) is 22.8 Å². The largest absolute Gasteiger partial charge is 0.497 e. The lowest BCUT2D eigenvalue weighted by Crippen LogP contribution is -2.25. The average molecular weight is 655 g/mol. The number of alkyl halides is 3. The summed E-state index contributed by atoms with van der Waals surface area (Å²) in [5.74, 6) is -0.213. The first-order valence-electron chi connectivity index (χ1n) is 11.5. The van der Waals surface area contributed by atoms with E-state index in [1.807, 2.05) is 0 Å². The number of carbonyl (C=O) groups excluding carboxylic acids is 2. The molecule has 2 N–H and O–H groups in total. The number of nitrogens with one attached hydrogen (secondary N) is 2. The smallest absolute Gasteiger partial charge is 0.416 e. The van der Waals surface area contributed by atoms with Gasteiger partial charge in [-0.1, -0.05) is 45.4 Å². The molecule has 4 aromatic rings. The number of benzene rings is 3. The molecule has 0 saturated carbocycles. The second-order valence-corrected chi connectivity index (χ2v) is 10.4. The molecule has 0 unspecified atom stereocenters. The molecule has 1 heterocycles. The van der Waals surface area contributed by atoms with E-state index in [1.165, 1.54) is 29.9 Å². The highest BCUT2D eigenvalue weighted by Crippen LogP contribution is 2.32. The highest BCUT2D eigenvalue weighted by Gasteiger charge is 2.31. The van der Waals surface area contributed by atoms with E-state index in [2.05, 4.69) is 36.8 Å². The maximum atomic E-state index is 13.5. The van der Waals surface area contributed by atoms with Crippen LogP contribution in [0.1, 0.15) is 21.7 Å². The lowest BCUT2D eigenvalue weighted by molar-refractivity contribution is -0.137. The van der Waals surface area contributed by atoms with Crippen LogP contribution in [0.2, 0.25) is 5.02 Å². The first kappa shape index (κ1) is 29.4. The SMILES string of the molecule is COc1ccc(NC(=O)CSc2nnc(CNC(=O)c3cc(Br)ccc3Cl)n2-c2cccc(C(F)(F)F)c2)cc1. The molecule has 0 aliphatic rings. The van der Waals surface area contributed by atoms with Crippen LogP contribution in [-0.2, 0) is 17.5 Å². The van der Waals surface area contributed by atoms with Gasteiger partial charge in [0.05, 0.1) is 41.2 Å². The van der Waals surface area contributed by atoms with Gasteiger partial charge in [-0.05, 0) is 60.7 Å². The van der Waals surface area contributed by atoms with Crippen LogP contribution >= 0.6 is 39.3 Å². The van der Waals surface area contributed by atoms with E-state index in [-0.39, 0.29) is 45.5 Å². The second kappa shape index (κ2) is 12.7. The number of hydrogen-bond donors (Lipinski definition) is 2. The fourth-order valence-electron chi connectivity index (χ4n) is 3.52. The van der Waals surface area contributed by atoms with Crippen molar-refractivity contribution in [3.63, 3.8) is 0 Å². The van der Waals surface area contributed by atoms with Gasteiger partial charge in [0.2, 0.25) is 5.91 Å². The summed E-state index contributed by atoms with van der Waals surface area (Å²) >= 11 is 10.4. The second-order valence-electron chi connectivity index (χ2n) is 8.15. The van der Waals surface area contributed by atoms with Crippen LogP contribution in [0.4, 0.5) is 18.9 Å². The Hall–Kier alpha value is -3.55. The Morgan fingerprint density at radius 1 is 1.07 bits per heavy atom. The number of amides is 2. The van der Waals surface area contributed by atoms with Crippen LogP contribution in [-0.4, -0.2) is 39.4 Å². The van der Waals surface area contributed by atoms with Crippen molar-refractivity contribution >= 4 is 56.8 Å². The van der Waals surface area contributed by atoms with E-state index in [0.29, 0.717) is 15.9 Å². The normalized spacial score (nSPS) is 11.2. The third kappa shape index (κ3) is 7.34. The summed E-state index contributed by atoms with van der Waals surface area (Å²) in [4.78, 5) is 25.3. The maximum Gasteiger partial charge on any atom is 0.416 e. The van der Waals surface area contributed by atoms with E-state index in [1.54, 1.807) is 36.4 Å². The van der Waals surface area contributed by atoms with Crippen LogP contribution in [0, 0.1) is 0 Å². The highest BCUT2D eigenvalue weighted by atomic mass is 79.9. The van der Waals surface area contributed by atoms with Crippen molar-refractivity contribution in [2.24, 2.45) is 0 Å². The molecule has 0 spiro atoms. The number of anilines is 1. The lowest BCUT2D eigenvalue weighted by atomic mass is 10.2. The molecule has 8 nitrogen and oxygen atoms in total. The van der Waals surface area contributed by atoms with Crippen molar-refractivity contribution in [3.8, 4) is 11.4 Å². The Balaban J connectivity index is 1.57. The Bertz CT molecular complexity index is 1530. The quantitative estimate of drug-likeness (QED) is 0.204. The predicted molar refractivity (Wildman–Crippen MR) is 149 cm³/mol. The maximum absolute atomic E-state index is 13.5. The molecule has 2 amide bonds. The van der Waals surface area contributed by atoms with Gasteiger partial charge in [-0.25, -0.2) is 0 Å². The molecule has 0 aliphatic heterocycles. The van der Waals surface area contributed by atoms with Crippen LogP contribution in [0.5, 0.6) is 5.75 Å². The number of thioether (sulfide) groups is 1. The topological polar surface area (TPSA) is 98.1 Å². The van der Waals surface area contributed by atoms with Gasteiger partial charge < -0.3 is 15.4 Å². The molecule has 14 heteroatoms. The van der Waals surface area contributed by atoms with Gasteiger partial charge in [0.1, 0.15) is 5.75 Å². The number of carbonyl (C=O) groups is 2. The lowest BCUT2D eigenvalue weighted by Gasteiger charge is -2.14. The molecule has 3 aromatic carbocycles. The van der Waals surface area contributed by atoms with Crippen LogP contribution in [0.25, 0.3) is 5.69 Å². The number of aromatic nitrogens is 3. The highest BCUT2D eigenvalue weighted by molar-refractivity contribution is 9.10. The molecule has 0 fully saturated rings. The fourth-order valence-corrected chi connectivity index (χ4v) is 4.85. The molecule has 4 rings (SSSR count). The number of ether oxygens (including phenoxy) is 1. The Morgan fingerprint density at radius 2 is 1.82 bits per heavy atom. The Labute approximate surface area is 244 Å². The van der Waals surface area contributed by atoms with E-state index in [0.717, 1.165) is 23.9 Å². The molecule has 0 bridgehead atoms. The molecular weight excluding hydrogens is 635 g/mol. The van der Waals surface area contributed by atoms with Gasteiger partial charge >= 0.3 is 6.18 Å². The zero-order chi connectivity index (χ0) is 28.9. The molecule has 0 saturated heterocycles. The molecule has 208 valence electrons. The molecule has 0 aliphatic carbocycles. The number of rotatable bonds is 9. The average Bonchev–Trinajstić information content (AvgIpc) is 3.34. The van der Waals surface area contributed by atoms with E-state index in [4.69, 9.17) is 16.3 Å². The minimum Gasteiger partial charge on any atom is -0.497 e. The fraction of sp³-hybridized carbons (Fsp3) is 0.154. The molecular formula is C26H20BrClF3N5O3S. The first-order chi connectivity index (χ1) is 19.0. The molecule has 0 atom stereocenters. The molecule has 40 heavy (non-hydrogen) atoms. The van der Waals surface area contributed by atoms with Gasteiger partial charge in [-0.2, -0.15) is 13.2 Å². The summed E-state index contributed by atoms with van der Waals surface area (Å²) in [7, 11) is 1.53. The Morgan fingerprint density at radius 3 is 2.52 bits per heavy atom. The van der Waals surface area contributed by atoms with Crippen molar-refractivity contribution in [2.45, 2.75) is 17.9 Å². The zero-order valence-electron chi connectivity index (χ0n) is 20.6. The van der Waals surface area contributed by atoms with Crippen molar-refractivity contribution in [1.82, 2.24) is 20.1 Å². The third-order valence-corrected chi connectivity index (χ3v) is 7.17. The van der Waals surface area contributed by atoms with Gasteiger partial charge in [-0.3, -0.25) is 14.2 Å². The van der Waals surface area contributed by atoms with Gasteiger partial charge in [0, 0.05) is 10.2 Å². The summed E-state index contributed by atoms with van der Waals surface area (Å²) in [5, 5.41) is 13.9. The molecule has 0 radical (unpaired) electrons. The number of nitrogens with zero attached hydrogens (tertiary/aromatic N) is 3. The first-order valence-corrected chi connectivity index (χ1v) is 13.6. The summed E-state index contributed by atoms with van der Waals surface area (Å²) < 4.78 is 47.5. The van der Waals surface area contributed by atoms with E-state index >= 15 is 0 Å². The number of halogens is 5. The standard InChI is InChI=1S/C26H20BrClF3N5O3S/c1-39-19-8-6-17(7-9-19)33-23(37)14-40-25-35-34-22(13-32-24(38)20-12-16(27)5-10-21(20)28)36(25)18-4-2-3-15(11-18)26(29,30)31/h2-12H,13-14H2,1H3,(H,32,38)(H,33,37). The monoisotopic (exact) mass is 653 g/mol. The van der Waals surface area contributed by atoms with Crippen molar-refractivity contribution < 1.29 is 27.5 Å². The minimum atomic E-state index is -4.58. The summed E-state index contributed by atoms with van der Waals surface area (Å²) in [6.45, 7) is -0.177. The predicted octanol–water partition coefficient (Wildman–Crippen LogP) is 6.37. The zero-order valence-corrected chi connectivity index (χ0v) is 23.8. The summed E-state index contributed by atoms with van der Waals surface area (Å²) in [5.41, 5.74) is -0.0169. The van der Waals surface area contributed by atoms with Crippen LogP contribution in [0.15, 0.2) is 76.4 Å². The summed E-state index contributed by atoms with van der Waals surface area (Å²) in [6.07, 6.45) is -4.58. The number of hydrogen-bond acceptors (Lipinski definition) is 6. The van der Waals surface area contributed by atoms with Crippen molar-refractivity contribution in [3.05, 3.63) is 93.2 Å². The van der Waals surface area contributed by atoms with Gasteiger partial charge in [-0.15, -0.1) is 10.2 Å². The third-order valence-electron chi connectivity index (χ3n) is 5.42. The van der Waals surface area contributed by atoms with Crippen LogP contribution < -0.4 is 15.4 Å².